The van der Waals surface area contributed by atoms with Crippen LogP contribution in [0.2, 0.25) is 5.15 Å². The van der Waals surface area contributed by atoms with Crippen LogP contribution in [-0.2, 0) is 20.9 Å². The Hall–Kier alpha value is -1.40. The van der Waals surface area contributed by atoms with Crippen molar-refractivity contribution in [3.8, 4) is 0 Å². The van der Waals surface area contributed by atoms with E-state index in [-0.39, 0.29) is 12.4 Å². The summed E-state index contributed by atoms with van der Waals surface area (Å²) in [4.78, 5) is 19.2. The topological polar surface area (TPSA) is 73.3 Å². The van der Waals surface area contributed by atoms with E-state index in [2.05, 4.69) is 20.0 Å². The van der Waals surface area contributed by atoms with Gasteiger partial charge in [-0.2, -0.15) is 0 Å². The average molecular weight is 274 g/mol. The third kappa shape index (κ3) is 5.29. The van der Waals surface area contributed by atoms with Crippen molar-refractivity contribution in [2.45, 2.75) is 20.0 Å². The molecule has 0 atom stereocenters. The van der Waals surface area contributed by atoms with E-state index in [0.29, 0.717) is 36.6 Å². The molecule has 18 heavy (non-hydrogen) atoms. The van der Waals surface area contributed by atoms with Gasteiger partial charge in [0.15, 0.2) is 5.82 Å². The van der Waals surface area contributed by atoms with Crippen molar-refractivity contribution in [1.82, 2.24) is 9.97 Å². The van der Waals surface area contributed by atoms with Crippen LogP contribution in [0.1, 0.15) is 19.2 Å². The SMILES string of the molecule is CCOCc1nc(Cl)cc(NCCC(=O)OC)n1. The van der Waals surface area contributed by atoms with E-state index in [1.165, 1.54) is 7.11 Å². The molecule has 1 rings (SSSR count). The Balaban J connectivity index is 2.54. The quantitative estimate of drug-likeness (QED) is 0.601. The molecule has 0 aromatic carbocycles. The molecule has 0 fully saturated rings. The summed E-state index contributed by atoms with van der Waals surface area (Å²) in [6, 6.07) is 1.59. The number of methoxy groups -OCH3 is 1. The van der Waals surface area contributed by atoms with Gasteiger partial charge in [-0.3, -0.25) is 4.79 Å². The molecule has 0 amide bonds. The predicted molar refractivity (Wildman–Crippen MR) is 67.5 cm³/mol. The average Bonchev–Trinajstić information content (AvgIpc) is 2.35. The molecule has 6 nitrogen and oxygen atoms in total. The first-order valence-corrected chi connectivity index (χ1v) is 5.95. The van der Waals surface area contributed by atoms with Crippen LogP contribution >= 0.6 is 11.6 Å². The van der Waals surface area contributed by atoms with Crippen LogP contribution in [0.4, 0.5) is 5.82 Å². The lowest BCUT2D eigenvalue weighted by atomic mass is 10.4. The Kier molecular flexibility index (Phi) is 6.38. The number of nitrogens with one attached hydrogen (secondary N) is 1. The molecule has 0 aliphatic carbocycles. The maximum atomic E-state index is 10.9. The summed E-state index contributed by atoms with van der Waals surface area (Å²) in [6.07, 6.45) is 0.263. The van der Waals surface area contributed by atoms with Gasteiger partial charge < -0.3 is 14.8 Å². The van der Waals surface area contributed by atoms with Gasteiger partial charge in [0, 0.05) is 19.2 Å². The summed E-state index contributed by atoms with van der Waals surface area (Å²) in [6.45, 7) is 3.21. The second kappa shape index (κ2) is 7.84. The summed E-state index contributed by atoms with van der Waals surface area (Å²) in [7, 11) is 1.35. The van der Waals surface area contributed by atoms with Crippen LogP contribution in [0.3, 0.4) is 0 Å². The number of hydrogen-bond donors (Lipinski definition) is 1. The van der Waals surface area contributed by atoms with Crippen LogP contribution in [0.15, 0.2) is 6.07 Å². The van der Waals surface area contributed by atoms with Gasteiger partial charge in [-0.25, -0.2) is 9.97 Å². The maximum absolute atomic E-state index is 10.9. The minimum Gasteiger partial charge on any atom is -0.469 e. The van der Waals surface area contributed by atoms with Crippen molar-refractivity contribution in [2.24, 2.45) is 0 Å². The molecule has 1 aromatic heterocycles. The fraction of sp³-hybridized carbons (Fsp3) is 0.545. The molecule has 1 N–H and O–H groups in total. The van der Waals surface area contributed by atoms with E-state index in [0.717, 1.165) is 0 Å². The van der Waals surface area contributed by atoms with E-state index < -0.39 is 0 Å². The fourth-order valence-corrected chi connectivity index (χ4v) is 1.41. The number of hydrogen-bond acceptors (Lipinski definition) is 6. The molecule has 1 heterocycles. The van der Waals surface area contributed by atoms with Gasteiger partial charge in [-0.05, 0) is 6.92 Å². The van der Waals surface area contributed by atoms with E-state index in [1.54, 1.807) is 6.07 Å². The highest BCUT2D eigenvalue weighted by Crippen LogP contribution is 2.12. The predicted octanol–water partition coefficient (Wildman–Crippen LogP) is 1.64. The number of halogens is 1. The van der Waals surface area contributed by atoms with Crippen LogP contribution in [0.5, 0.6) is 0 Å². The first-order valence-electron chi connectivity index (χ1n) is 5.57. The van der Waals surface area contributed by atoms with Crippen molar-refractivity contribution in [3.63, 3.8) is 0 Å². The summed E-state index contributed by atoms with van der Waals surface area (Å²) in [5.74, 6) is 0.788. The molecule has 0 spiro atoms. The summed E-state index contributed by atoms with van der Waals surface area (Å²) in [5.41, 5.74) is 0. The molecule has 0 saturated heterocycles. The van der Waals surface area contributed by atoms with Crippen molar-refractivity contribution in [2.75, 3.05) is 25.6 Å². The van der Waals surface area contributed by atoms with Crippen molar-refractivity contribution < 1.29 is 14.3 Å². The normalized spacial score (nSPS) is 10.2. The monoisotopic (exact) mass is 273 g/mol. The molecule has 1 aromatic rings. The molecule has 0 bridgehead atoms. The van der Waals surface area contributed by atoms with Gasteiger partial charge in [-0.15, -0.1) is 0 Å². The number of aromatic nitrogens is 2. The van der Waals surface area contributed by atoms with E-state index in [9.17, 15) is 4.79 Å². The Labute approximate surface area is 111 Å². The fourth-order valence-electron chi connectivity index (χ4n) is 1.21. The largest absolute Gasteiger partial charge is 0.469 e. The van der Waals surface area contributed by atoms with Crippen LogP contribution in [-0.4, -0.2) is 36.2 Å². The lowest BCUT2D eigenvalue weighted by molar-refractivity contribution is -0.140. The number of carbonyl (C=O) groups is 1. The summed E-state index contributed by atoms with van der Waals surface area (Å²) >= 11 is 5.86. The minimum atomic E-state index is -0.280. The third-order valence-electron chi connectivity index (χ3n) is 2.04. The second-order valence-electron chi connectivity index (χ2n) is 3.38. The van der Waals surface area contributed by atoms with Crippen LogP contribution in [0.25, 0.3) is 0 Å². The molecule has 0 aliphatic rings. The number of anilines is 1. The second-order valence-corrected chi connectivity index (χ2v) is 3.77. The van der Waals surface area contributed by atoms with Crippen molar-refractivity contribution >= 4 is 23.4 Å². The highest BCUT2D eigenvalue weighted by Gasteiger charge is 2.04. The molecular formula is C11H16ClN3O3. The number of nitrogens with zero attached hydrogens (tertiary/aromatic N) is 2. The van der Waals surface area contributed by atoms with Gasteiger partial charge in [0.25, 0.3) is 0 Å². The number of ether oxygens (including phenoxy) is 2. The van der Waals surface area contributed by atoms with Gasteiger partial charge in [-0.1, -0.05) is 11.6 Å². The van der Waals surface area contributed by atoms with Crippen LogP contribution < -0.4 is 5.32 Å². The minimum absolute atomic E-state index is 0.263. The van der Waals surface area contributed by atoms with E-state index in [1.807, 2.05) is 6.92 Å². The van der Waals surface area contributed by atoms with Crippen LogP contribution in [0, 0.1) is 0 Å². The zero-order chi connectivity index (χ0) is 13.4. The van der Waals surface area contributed by atoms with E-state index >= 15 is 0 Å². The molecule has 0 unspecified atom stereocenters. The van der Waals surface area contributed by atoms with Gasteiger partial charge >= 0.3 is 5.97 Å². The van der Waals surface area contributed by atoms with Gasteiger partial charge in [0.2, 0.25) is 0 Å². The maximum Gasteiger partial charge on any atom is 0.307 e. The van der Waals surface area contributed by atoms with Crippen molar-refractivity contribution in [1.29, 1.82) is 0 Å². The van der Waals surface area contributed by atoms with Gasteiger partial charge in [0.05, 0.1) is 13.5 Å². The highest BCUT2D eigenvalue weighted by atomic mass is 35.5. The number of rotatable bonds is 7. The lowest BCUT2D eigenvalue weighted by Gasteiger charge is -2.07. The zero-order valence-corrected chi connectivity index (χ0v) is 11.2. The first-order chi connectivity index (χ1) is 8.65. The van der Waals surface area contributed by atoms with Gasteiger partial charge in [0.1, 0.15) is 17.6 Å². The Bertz CT molecular complexity index is 401. The smallest absolute Gasteiger partial charge is 0.307 e. The van der Waals surface area contributed by atoms with Crippen molar-refractivity contribution in [3.05, 3.63) is 17.0 Å². The summed E-state index contributed by atoms with van der Waals surface area (Å²) < 4.78 is 9.74. The van der Waals surface area contributed by atoms with E-state index in [4.69, 9.17) is 16.3 Å². The zero-order valence-electron chi connectivity index (χ0n) is 10.4. The standard InChI is InChI=1S/C11H16ClN3O3/c1-3-18-7-10-14-8(12)6-9(15-10)13-5-4-11(16)17-2/h6H,3-5,7H2,1-2H3,(H,13,14,15). The summed E-state index contributed by atoms with van der Waals surface area (Å²) in [5, 5.41) is 3.31. The molecular weight excluding hydrogens is 258 g/mol. The molecule has 0 radical (unpaired) electrons. The first kappa shape index (κ1) is 14.7. The Morgan fingerprint density at radius 3 is 2.94 bits per heavy atom. The third-order valence-corrected chi connectivity index (χ3v) is 2.23. The molecule has 7 heteroatoms. The highest BCUT2D eigenvalue weighted by molar-refractivity contribution is 6.29. The number of carbonyl (C=O) groups excluding carboxylic acids is 1. The number of esters is 1. The molecule has 0 saturated carbocycles. The Morgan fingerprint density at radius 1 is 1.50 bits per heavy atom. The molecule has 0 aliphatic heterocycles. The Morgan fingerprint density at radius 2 is 2.28 bits per heavy atom. The lowest BCUT2D eigenvalue weighted by Crippen LogP contribution is -2.11. The molecule has 100 valence electrons.